The van der Waals surface area contributed by atoms with Gasteiger partial charge in [0.05, 0.1) is 18.2 Å². The van der Waals surface area contributed by atoms with Crippen molar-refractivity contribution in [3.63, 3.8) is 0 Å². The van der Waals surface area contributed by atoms with Crippen molar-refractivity contribution in [2.24, 2.45) is 0 Å². The molecule has 0 radical (unpaired) electrons. The van der Waals surface area contributed by atoms with Gasteiger partial charge in [-0.05, 0) is 0 Å². The van der Waals surface area contributed by atoms with Crippen LogP contribution in [-0.2, 0) is 4.74 Å². The normalized spacial score (nSPS) is 31.8. The molecule has 18 heavy (non-hydrogen) atoms. The Morgan fingerprint density at radius 2 is 2.33 bits per heavy atom. The molecule has 1 saturated heterocycles. The highest BCUT2D eigenvalue weighted by molar-refractivity contribution is 6.21. The zero-order valence-electron chi connectivity index (χ0n) is 9.03. The molecule has 0 bridgehead atoms. The van der Waals surface area contributed by atoms with Gasteiger partial charge in [0.1, 0.15) is 12.2 Å². The third kappa shape index (κ3) is 2.07. The van der Waals surface area contributed by atoms with Crippen LogP contribution in [0.3, 0.4) is 0 Å². The molecule has 9 heteroatoms. The van der Waals surface area contributed by atoms with E-state index in [0.29, 0.717) is 0 Å². The van der Waals surface area contributed by atoms with Gasteiger partial charge in [0.2, 0.25) is 0 Å². The first kappa shape index (κ1) is 13.2. The second kappa shape index (κ2) is 4.81. The maximum absolute atomic E-state index is 13.2. The summed E-state index contributed by atoms with van der Waals surface area (Å²) in [6.45, 7) is -0.429. The van der Waals surface area contributed by atoms with E-state index in [1.165, 1.54) is 0 Å². The SMILES string of the molecule is Nc1nc(=O)n(C2OC(CO)C(Cl)C2O)cc1F. The van der Waals surface area contributed by atoms with Crippen molar-refractivity contribution in [1.29, 1.82) is 0 Å². The number of hydrogen-bond donors (Lipinski definition) is 3. The predicted molar refractivity (Wildman–Crippen MR) is 59.5 cm³/mol. The first-order valence-corrected chi connectivity index (χ1v) is 5.52. The van der Waals surface area contributed by atoms with Crippen molar-refractivity contribution < 1.29 is 19.3 Å². The van der Waals surface area contributed by atoms with Crippen LogP contribution >= 0.6 is 11.6 Å². The van der Waals surface area contributed by atoms with Gasteiger partial charge in [-0.3, -0.25) is 4.57 Å². The molecule has 4 atom stereocenters. The lowest BCUT2D eigenvalue weighted by Crippen LogP contribution is -2.34. The van der Waals surface area contributed by atoms with Crippen molar-refractivity contribution >= 4 is 17.4 Å². The standard InChI is InChI=1S/C9H11ClFN3O4/c10-5-4(2-15)18-8(6(5)16)14-1-3(11)7(12)13-9(14)17/h1,4-6,8,15-16H,2H2,(H2,12,13,17). The maximum atomic E-state index is 13.2. The summed E-state index contributed by atoms with van der Waals surface area (Å²) in [6.07, 6.45) is -2.55. The molecule has 1 aliphatic rings. The molecule has 4 N–H and O–H groups in total. The van der Waals surface area contributed by atoms with Crippen LogP contribution in [0, 0.1) is 5.82 Å². The Labute approximate surface area is 106 Å². The van der Waals surface area contributed by atoms with E-state index in [1.54, 1.807) is 0 Å². The molecule has 0 aliphatic carbocycles. The average molecular weight is 280 g/mol. The lowest BCUT2D eigenvalue weighted by Gasteiger charge is -2.17. The molecule has 1 aliphatic heterocycles. The Hall–Kier alpha value is -1.22. The van der Waals surface area contributed by atoms with Crippen molar-refractivity contribution in [3.8, 4) is 0 Å². The Bertz CT molecular complexity index is 511. The lowest BCUT2D eigenvalue weighted by atomic mass is 10.2. The van der Waals surface area contributed by atoms with E-state index in [-0.39, 0.29) is 0 Å². The molecule has 2 rings (SSSR count). The van der Waals surface area contributed by atoms with E-state index in [9.17, 15) is 14.3 Å². The molecule has 1 fully saturated rings. The number of nitrogen functional groups attached to an aromatic ring is 1. The number of halogens is 2. The second-order valence-electron chi connectivity index (χ2n) is 3.85. The molecule has 7 nitrogen and oxygen atoms in total. The number of alkyl halides is 1. The highest BCUT2D eigenvalue weighted by Crippen LogP contribution is 2.31. The van der Waals surface area contributed by atoms with E-state index in [4.69, 9.17) is 27.2 Å². The minimum absolute atomic E-state index is 0.429. The van der Waals surface area contributed by atoms with E-state index >= 15 is 0 Å². The maximum Gasteiger partial charge on any atom is 0.351 e. The zero-order valence-corrected chi connectivity index (χ0v) is 9.79. The summed E-state index contributed by atoms with van der Waals surface area (Å²) >= 11 is 5.81. The Kier molecular flexibility index (Phi) is 3.53. The van der Waals surface area contributed by atoms with Crippen LogP contribution < -0.4 is 11.4 Å². The van der Waals surface area contributed by atoms with Crippen LogP contribution in [0.15, 0.2) is 11.0 Å². The first-order valence-electron chi connectivity index (χ1n) is 5.08. The van der Waals surface area contributed by atoms with E-state index in [1.807, 2.05) is 0 Å². The number of nitrogens with zero attached hydrogens (tertiary/aromatic N) is 2. The molecule has 0 aromatic carbocycles. The van der Waals surface area contributed by atoms with E-state index in [0.717, 1.165) is 10.8 Å². The number of rotatable bonds is 2. The van der Waals surface area contributed by atoms with E-state index in [2.05, 4.69) is 4.98 Å². The van der Waals surface area contributed by atoms with Gasteiger partial charge in [-0.25, -0.2) is 9.18 Å². The number of aliphatic hydroxyl groups excluding tert-OH is 2. The number of nitrogens with two attached hydrogens (primary N) is 1. The summed E-state index contributed by atoms with van der Waals surface area (Å²) in [5.41, 5.74) is 4.26. The summed E-state index contributed by atoms with van der Waals surface area (Å²) in [4.78, 5) is 14.8. The van der Waals surface area contributed by atoms with Crippen molar-refractivity contribution in [3.05, 3.63) is 22.5 Å². The third-order valence-electron chi connectivity index (χ3n) is 2.68. The molecular weight excluding hydrogens is 269 g/mol. The van der Waals surface area contributed by atoms with Gasteiger partial charge in [-0.1, -0.05) is 0 Å². The summed E-state index contributed by atoms with van der Waals surface area (Å²) in [6, 6.07) is 0. The molecule has 4 unspecified atom stereocenters. The number of ether oxygens (including phenoxy) is 1. The summed E-state index contributed by atoms with van der Waals surface area (Å²) in [5, 5.41) is 17.8. The van der Waals surface area contributed by atoms with Crippen LogP contribution in [0.4, 0.5) is 10.2 Å². The molecule has 1 aromatic rings. The quantitative estimate of drug-likeness (QED) is 0.588. The minimum atomic E-state index is -1.27. The molecular formula is C9H11ClFN3O4. The highest BCUT2D eigenvalue weighted by atomic mass is 35.5. The topological polar surface area (TPSA) is 111 Å². The molecule has 0 saturated carbocycles. The zero-order chi connectivity index (χ0) is 13.4. The van der Waals surface area contributed by atoms with Crippen LogP contribution in [0.2, 0.25) is 0 Å². The van der Waals surface area contributed by atoms with Crippen LogP contribution in [-0.4, -0.2) is 44.0 Å². The van der Waals surface area contributed by atoms with Gasteiger partial charge in [0.15, 0.2) is 17.9 Å². The van der Waals surface area contributed by atoms with Gasteiger partial charge >= 0.3 is 5.69 Å². The van der Waals surface area contributed by atoms with E-state index < -0.39 is 47.7 Å². The average Bonchev–Trinajstić information content (AvgIpc) is 2.61. The molecule has 1 aromatic heterocycles. The predicted octanol–water partition coefficient (Wildman–Crippen LogP) is -1.18. The summed E-state index contributed by atoms with van der Waals surface area (Å²) in [7, 11) is 0. The monoisotopic (exact) mass is 279 g/mol. The number of aromatic nitrogens is 2. The Morgan fingerprint density at radius 1 is 1.67 bits per heavy atom. The first-order chi connectivity index (χ1) is 8.45. The number of hydrogen-bond acceptors (Lipinski definition) is 6. The van der Waals surface area contributed by atoms with Gasteiger partial charge < -0.3 is 20.7 Å². The summed E-state index contributed by atoms with van der Waals surface area (Å²) in [5.74, 6) is -1.45. The van der Waals surface area contributed by atoms with Crippen molar-refractivity contribution in [2.45, 2.75) is 23.8 Å². The molecule has 0 spiro atoms. The largest absolute Gasteiger partial charge is 0.394 e. The minimum Gasteiger partial charge on any atom is -0.394 e. The van der Waals surface area contributed by atoms with Crippen LogP contribution in [0.25, 0.3) is 0 Å². The number of aliphatic hydroxyl groups is 2. The van der Waals surface area contributed by atoms with Crippen molar-refractivity contribution in [2.75, 3.05) is 12.3 Å². The fourth-order valence-electron chi connectivity index (χ4n) is 1.73. The smallest absolute Gasteiger partial charge is 0.351 e. The molecule has 100 valence electrons. The Balaban J connectivity index is 2.39. The Morgan fingerprint density at radius 3 is 2.89 bits per heavy atom. The van der Waals surface area contributed by atoms with Gasteiger partial charge in [-0.2, -0.15) is 4.98 Å². The van der Waals surface area contributed by atoms with Gasteiger partial charge in [-0.15, -0.1) is 11.6 Å². The third-order valence-corrected chi connectivity index (χ3v) is 3.22. The highest BCUT2D eigenvalue weighted by Gasteiger charge is 2.43. The fourth-order valence-corrected chi connectivity index (χ4v) is 1.99. The second-order valence-corrected chi connectivity index (χ2v) is 4.35. The lowest BCUT2D eigenvalue weighted by molar-refractivity contribution is -0.0533. The van der Waals surface area contributed by atoms with Crippen LogP contribution in [0.5, 0.6) is 0 Å². The van der Waals surface area contributed by atoms with Crippen LogP contribution in [0.1, 0.15) is 6.23 Å². The van der Waals surface area contributed by atoms with Gasteiger partial charge in [0, 0.05) is 0 Å². The molecule has 2 heterocycles. The molecule has 0 amide bonds. The fraction of sp³-hybridized carbons (Fsp3) is 0.556. The van der Waals surface area contributed by atoms with Crippen molar-refractivity contribution in [1.82, 2.24) is 9.55 Å². The number of anilines is 1. The summed E-state index contributed by atoms with van der Waals surface area (Å²) < 4.78 is 19.2. The van der Waals surface area contributed by atoms with Gasteiger partial charge in [0.25, 0.3) is 0 Å².